The van der Waals surface area contributed by atoms with Crippen LogP contribution in [0.1, 0.15) is 24.1 Å². The predicted octanol–water partition coefficient (Wildman–Crippen LogP) is 2.97. The quantitative estimate of drug-likeness (QED) is 0.793. The Kier molecular flexibility index (Phi) is 4.75. The number of amides is 1. The molecular formula is C21H23FN2O3S. The molecule has 0 aliphatic carbocycles. The fourth-order valence-electron chi connectivity index (χ4n) is 4.55. The molecule has 0 radical (unpaired) electrons. The van der Waals surface area contributed by atoms with E-state index in [9.17, 15) is 17.6 Å². The van der Waals surface area contributed by atoms with Crippen LogP contribution in [0.3, 0.4) is 0 Å². The number of carbonyl (C=O) groups excluding carboxylic acids is 1. The van der Waals surface area contributed by atoms with Crippen LogP contribution >= 0.6 is 0 Å². The molecule has 4 rings (SSSR count). The summed E-state index contributed by atoms with van der Waals surface area (Å²) in [6.45, 7) is 4.39. The molecule has 0 saturated carbocycles. The van der Waals surface area contributed by atoms with Crippen LogP contribution in [0.25, 0.3) is 0 Å². The van der Waals surface area contributed by atoms with Crippen molar-refractivity contribution in [2.75, 3.05) is 19.6 Å². The van der Waals surface area contributed by atoms with E-state index >= 15 is 0 Å². The molecule has 28 heavy (non-hydrogen) atoms. The number of aryl methyl sites for hydroxylation is 1. The molecule has 0 aromatic heterocycles. The van der Waals surface area contributed by atoms with Gasteiger partial charge in [-0.25, -0.2) is 12.8 Å². The van der Waals surface area contributed by atoms with E-state index in [2.05, 4.69) is 0 Å². The molecule has 7 heteroatoms. The average molecular weight is 402 g/mol. The summed E-state index contributed by atoms with van der Waals surface area (Å²) in [5.74, 6) is -0.708. The first-order valence-electron chi connectivity index (χ1n) is 9.37. The number of rotatable bonds is 3. The maximum atomic E-state index is 14.3. The number of likely N-dealkylation sites (tertiary alicyclic amines) is 1. The largest absolute Gasteiger partial charge is 0.335 e. The van der Waals surface area contributed by atoms with Gasteiger partial charge in [0.2, 0.25) is 15.9 Å². The van der Waals surface area contributed by atoms with Crippen molar-refractivity contribution >= 4 is 15.9 Å². The van der Waals surface area contributed by atoms with Gasteiger partial charge in [0.15, 0.2) is 0 Å². The molecule has 0 bridgehead atoms. The van der Waals surface area contributed by atoms with Crippen molar-refractivity contribution in [1.82, 2.24) is 9.21 Å². The summed E-state index contributed by atoms with van der Waals surface area (Å²) in [5, 5.41) is 0. The lowest BCUT2D eigenvalue weighted by molar-refractivity contribution is -0.130. The molecule has 0 spiro atoms. The molecule has 2 fully saturated rings. The van der Waals surface area contributed by atoms with Crippen LogP contribution in [0.4, 0.5) is 4.39 Å². The van der Waals surface area contributed by atoms with Crippen LogP contribution in [-0.4, -0.2) is 43.2 Å². The number of halogens is 1. The van der Waals surface area contributed by atoms with Gasteiger partial charge in [0.25, 0.3) is 0 Å². The second kappa shape index (κ2) is 6.97. The zero-order valence-corrected chi connectivity index (χ0v) is 16.7. The van der Waals surface area contributed by atoms with Gasteiger partial charge in [-0.05, 0) is 36.1 Å². The molecule has 148 valence electrons. The molecule has 0 N–H and O–H groups in total. The first kappa shape index (κ1) is 19.1. The molecule has 2 saturated heterocycles. The Labute approximate surface area is 164 Å². The summed E-state index contributed by atoms with van der Waals surface area (Å²) in [6, 6.07) is 13.7. The fraction of sp³-hybridized carbons (Fsp3) is 0.381. The fourth-order valence-corrected chi connectivity index (χ4v) is 6.23. The van der Waals surface area contributed by atoms with Crippen LogP contribution < -0.4 is 0 Å². The molecule has 2 aliphatic rings. The van der Waals surface area contributed by atoms with Crippen LogP contribution in [0.5, 0.6) is 0 Å². The minimum Gasteiger partial charge on any atom is -0.335 e. The van der Waals surface area contributed by atoms with Crippen molar-refractivity contribution in [1.29, 1.82) is 0 Å². The van der Waals surface area contributed by atoms with Gasteiger partial charge in [0.05, 0.1) is 6.04 Å². The summed E-state index contributed by atoms with van der Waals surface area (Å²) in [5.41, 5.74) is 1.70. The lowest BCUT2D eigenvalue weighted by atomic mass is 9.89. The van der Waals surface area contributed by atoms with E-state index in [1.165, 1.54) is 16.4 Å². The highest BCUT2D eigenvalue weighted by Gasteiger charge is 2.51. The van der Waals surface area contributed by atoms with Gasteiger partial charge in [-0.1, -0.05) is 36.4 Å². The number of carbonyl (C=O) groups is 1. The molecule has 0 unspecified atom stereocenters. The van der Waals surface area contributed by atoms with E-state index in [1.807, 2.05) is 35.2 Å². The first-order chi connectivity index (χ1) is 13.3. The Balaban J connectivity index is 1.66. The molecule has 3 atom stereocenters. The monoisotopic (exact) mass is 402 g/mol. The topological polar surface area (TPSA) is 57.7 Å². The highest BCUT2D eigenvalue weighted by Crippen LogP contribution is 2.46. The number of nitrogens with zero attached hydrogens (tertiary/aromatic N) is 2. The molecule has 1 amide bonds. The number of fused-ring (bicyclic) bond motifs is 1. The van der Waals surface area contributed by atoms with Gasteiger partial charge in [0.1, 0.15) is 10.7 Å². The van der Waals surface area contributed by atoms with E-state index in [1.54, 1.807) is 19.9 Å². The van der Waals surface area contributed by atoms with E-state index in [-0.39, 0.29) is 35.2 Å². The van der Waals surface area contributed by atoms with Gasteiger partial charge in [-0.15, -0.1) is 0 Å². The number of sulfonamides is 1. The van der Waals surface area contributed by atoms with E-state index in [0.29, 0.717) is 18.7 Å². The molecule has 5 nitrogen and oxygen atoms in total. The van der Waals surface area contributed by atoms with Crippen LogP contribution in [-0.2, 0) is 14.8 Å². The van der Waals surface area contributed by atoms with E-state index in [4.69, 9.17) is 0 Å². The van der Waals surface area contributed by atoms with Crippen molar-refractivity contribution in [3.05, 3.63) is 65.5 Å². The highest BCUT2D eigenvalue weighted by atomic mass is 32.2. The molecular weight excluding hydrogens is 379 g/mol. The standard InChI is InChI=1S/C21H23FN2O3S/c1-14-8-9-19(22)20(10-14)28(26,27)23-11-17-12-24(15(2)25)21(18(17)13-23)16-6-4-3-5-7-16/h3-10,17-18,21H,11-13H2,1-2H3/t17-,18-,21-/m1/s1. The third-order valence-electron chi connectivity index (χ3n) is 5.88. The van der Waals surface area contributed by atoms with E-state index < -0.39 is 15.8 Å². The Morgan fingerprint density at radius 3 is 2.46 bits per heavy atom. The Morgan fingerprint density at radius 2 is 1.79 bits per heavy atom. The van der Waals surface area contributed by atoms with Crippen molar-refractivity contribution < 1.29 is 17.6 Å². The maximum Gasteiger partial charge on any atom is 0.246 e. The molecule has 2 aromatic carbocycles. The second-order valence-electron chi connectivity index (χ2n) is 7.71. The Hall–Kier alpha value is -2.25. The Morgan fingerprint density at radius 1 is 1.07 bits per heavy atom. The lowest BCUT2D eigenvalue weighted by Crippen LogP contribution is -2.36. The third-order valence-corrected chi connectivity index (χ3v) is 7.73. The lowest BCUT2D eigenvalue weighted by Gasteiger charge is -2.29. The van der Waals surface area contributed by atoms with Crippen LogP contribution in [0, 0.1) is 24.6 Å². The predicted molar refractivity (Wildman–Crippen MR) is 103 cm³/mol. The smallest absolute Gasteiger partial charge is 0.246 e. The highest BCUT2D eigenvalue weighted by molar-refractivity contribution is 7.89. The maximum absolute atomic E-state index is 14.3. The van der Waals surface area contributed by atoms with Gasteiger partial charge in [0, 0.05) is 32.5 Å². The third kappa shape index (κ3) is 3.12. The normalized spacial score (nSPS) is 25.1. The van der Waals surface area contributed by atoms with Crippen molar-refractivity contribution in [2.45, 2.75) is 24.8 Å². The summed E-state index contributed by atoms with van der Waals surface area (Å²) < 4.78 is 41.8. The summed E-state index contributed by atoms with van der Waals surface area (Å²) in [6.07, 6.45) is 0. The van der Waals surface area contributed by atoms with Crippen molar-refractivity contribution in [2.24, 2.45) is 11.8 Å². The zero-order chi connectivity index (χ0) is 20.1. The average Bonchev–Trinajstić information content (AvgIpc) is 3.22. The molecule has 2 aromatic rings. The van der Waals surface area contributed by atoms with Gasteiger partial charge < -0.3 is 4.90 Å². The molecule has 2 heterocycles. The summed E-state index contributed by atoms with van der Waals surface area (Å²) >= 11 is 0. The number of hydrogen-bond acceptors (Lipinski definition) is 3. The zero-order valence-electron chi connectivity index (χ0n) is 15.9. The van der Waals surface area contributed by atoms with Crippen molar-refractivity contribution in [3.63, 3.8) is 0 Å². The summed E-state index contributed by atoms with van der Waals surface area (Å²) in [7, 11) is -3.92. The minimum absolute atomic E-state index is 0.00561. The van der Waals surface area contributed by atoms with Gasteiger partial charge in [-0.3, -0.25) is 4.79 Å². The van der Waals surface area contributed by atoms with E-state index in [0.717, 1.165) is 5.56 Å². The summed E-state index contributed by atoms with van der Waals surface area (Å²) in [4.78, 5) is 13.8. The number of hydrogen-bond donors (Lipinski definition) is 0. The minimum atomic E-state index is -3.92. The second-order valence-corrected chi connectivity index (χ2v) is 9.61. The first-order valence-corrected chi connectivity index (χ1v) is 10.8. The Bertz CT molecular complexity index is 1010. The van der Waals surface area contributed by atoms with Gasteiger partial charge in [-0.2, -0.15) is 4.31 Å². The van der Waals surface area contributed by atoms with Crippen LogP contribution in [0.2, 0.25) is 0 Å². The SMILES string of the molecule is CC(=O)N1C[C@H]2CN(S(=O)(=O)c3cc(C)ccc3F)C[C@H]2[C@H]1c1ccccc1. The van der Waals surface area contributed by atoms with Gasteiger partial charge >= 0.3 is 0 Å². The van der Waals surface area contributed by atoms with Crippen LogP contribution in [0.15, 0.2) is 53.4 Å². The molecule has 2 aliphatic heterocycles. The van der Waals surface area contributed by atoms with Crippen molar-refractivity contribution in [3.8, 4) is 0 Å². The number of benzene rings is 2.